The normalized spacial score (nSPS) is 52.8. The maximum Gasteiger partial charge on any atom is 0.309 e. The molecule has 184 valence electrons. The van der Waals surface area contributed by atoms with Crippen molar-refractivity contribution in [2.45, 2.75) is 106 Å². The number of carboxylic acids is 1. The minimum absolute atomic E-state index is 0.164. The van der Waals surface area contributed by atoms with E-state index in [4.69, 9.17) is 0 Å². The van der Waals surface area contributed by atoms with Gasteiger partial charge in [0.1, 0.15) is 5.78 Å². The van der Waals surface area contributed by atoms with Crippen LogP contribution in [0.3, 0.4) is 0 Å². The smallest absolute Gasteiger partial charge is 0.309 e. The summed E-state index contributed by atoms with van der Waals surface area (Å²) in [6.07, 6.45) is 10.1. The van der Waals surface area contributed by atoms with Crippen molar-refractivity contribution in [1.29, 1.82) is 0 Å². The number of Topliss-reactive ketones (excluding diaryl/α,β-unsaturated/α-hetero) is 1. The SMILES string of the molecule is C=C(C)[C@H]1CC[C@]2(C(=O)O)CC[C@]3(C)[C@H](CC[C@@H]4[C@@]5(C)CCC(=O)C(C)(C)[C@H]5CC[C@]43C)[C@H]12. The molecule has 0 bridgehead atoms. The topological polar surface area (TPSA) is 54.4 Å². The molecule has 3 heteroatoms. The summed E-state index contributed by atoms with van der Waals surface area (Å²) < 4.78 is 0. The van der Waals surface area contributed by atoms with Crippen LogP contribution in [0.1, 0.15) is 106 Å². The quantitative estimate of drug-likeness (QED) is 0.445. The maximum atomic E-state index is 12.9. The van der Waals surface area contributed by atoms with Gasteiger partial charge in [0.15, 0.2) is 0 Å². The van der Waals surface area contributed by atoms with Crippen LogP contribution >= 0.6 is 0 Å². The molecule has 0 heterocycles. The zero-order valence-electron chi connectivity index (χ0n) is 21.9. The molecule has 5 rings (SSSR count). The lowest BCUT2D eigenvalue weighted by Crippen LogP contribution is -2.66. The van der Waals surface area contributed by atoms with Crippen molar-refractivity contribution in [3.63, 3.8) is 0 Å². The van der Waals surface area contributed by atoms with Gasteiger partial charge in [-0.2, -0.15) is 0 Å². The molecule has 5 aliphatic carbocycles. The third-order valence-corrected chi connectivity index (χ3v) is 13.2. The fourth-order valence-electron chi connectivity index (χ4n) is 11.3. The number of fused-ring (bicyclic) bond motifs is 7. The van der Waals surface area contributed by atoms with E-state index in [1.54, 1.807) is 0 Å². The van der Waals surface area contributed by atoms with Gasteiger partial charge in [-0.3, -0.25) is 9.59 Å². The lowest BCUT2D eigenvalue weighted by molar-refractivity contribution is -0.235. The van der Waals surface area contributed by atoms with Crippen molar-refractivity contribution in [2.75, 3.05) is 0 Å². The molecule has 0 aromatic carbocycles. The fourth-order valence-corrected chi connectivity index (χ4v) is 11.3. The highest BCUT2D eigenvalue weighted by atomic mass is 16.4. The number of allylic oxidation sites excluding steroid dienone is 1. The second kappa shape index (κ2) is 6.97. The van der Waals surface area contributed by atoms with E-state index in [2.05, 4.69) is 48.1 Å². The van der Waals surface area contributed by atoms with E-state index in [9.17, 15) is 14.7 Å². The molecule has 3 nitrogen and oxygen atoms in total. The van der Waals surface area contributed by atoms with E-state index < -0.39 is 11.4 Å². The number of carbonyl (C=O) groups excluding carboxylic acids is 1. The standard InChI is InChI=1S/C30H46O3/c1-18(2)19-10-15-30(25(32)33)17-16-28(6)20(24(19)30)8-9-22-27(5)13-12-23(31)26(3,4)21(27)11-14-29(22,28)7/h19-22,24H,1,8-17H2,2-7H3,(H,32,33)/t19-,20-,21-,22-,24+,27+,28-,29-,30+/m1/s1. The summed E-state index contributed by atoms with van der Waals surface area (Å²) in [5.74, 6) is 2.07. The van der Waals surface area contributed by atoms with Crippen molar-refractivity contribution >= 4 is 11.8 Å². The van der Waals surface area contributed by atoms with Crippen LogP contribution in [-0.4, -0.2) is 16.9 Å². The van der Waals surface area contributed by atoms with Crippen LogP contribution in [0.5, 0.6) is 0 Å². The molecule has 0 radical (unpaired) electrons. The van der Waals surface area contributed by atoms with Crippen LogP contribution < -0.4 is 0 Å². The first-order valence-corrected chi connectivity index (χ1v) is 13.7. The van der Waals surface area contributed by atoms with Gasteiger partial charge in [-0.15, -0.1) is 0 Å². The van der Waals surface area contributed by atoms with Gasteiger partial charge in [0.25, 0.3) is 0 Å². The van der Waals surface area contributed by atoms with Gasteiger partial charge in [0.2, 0.25) is 0 Å². The number of hydrogen-bond donors (Lipinski definition) is 1. The van der Waals surface area contributed by atoms with Gasteiger partial charge in [-0.25, -0.2) is 0 Å². The first kappa shape index (κ1) is 23.6. The largest absolute Gasteiger partial charge is 0.481 e. The third kappa shape index (κ3) is 2.69. The molecule has 0 aromatic heterocycles. The molecule has 0 aliphatic heterocycles. The van der Waals surface area contributed by atoms with Crippen molar-refractivity contribution in [3.05, 3.63) is 12.2 Å². The van der Waals surface area contributed by atoms with E-state index in [1.165, 1.54) is 18.4 Å². The van der Waals surface area contributed by atoms with Gasteiger partial charge >= 0.3 is 5.97 Å². The molecule has 5 fully saturated rings. The summed E-state index contributed by atoms with van der Waals surface area (Å²) in [7, 11) is 0. The molecular formula is C30H46O3. The molecule has 0 saturated heterocycles. The fraction of sp³-hybridized carbons (Fsp3) is 0.867. The van der Waals surface area contributed by atoms with Gasteiger partial charge in [0, 0.05) is 11.8 Å². The van der Waals surface area contributed by atoms with Gasteiger partial charge in [0.05, 0.1) is 5.41 Å². The second-order valence-corrected chi connectivity index (χ2v) is 14.3. The van der Waals surface area contributed by atoms with E-state index in [1.807, 2.05) is 0 Å². The Balaban J connectivity index is 1.57. The molecule has 0 amide bonds. The molecule has 0 spiro atoms. The van der Waals surface area contributed by atoms with Crippen molar-refractivity contribution in [2.24, 2.45) is 56.7 Å². The minimum Gasteiger partial charge on any atom is -0.481 e. The van der Waals surface area contributed by atoms with Crippen LogP contribution in [0.25, 0.3) is 0 Å². The molecule has 5 aliphatic rings. The Hall–Kier alpha value is -1.12. The van der Waals surface area contributed by atoms with Crippen LogP contribution in [0.15, 0.2) is 12.2 Å². The zero-order chi connectivity index (χ0) is 24.2. The Morgan fingerprint density at radius 2 is 1.58 bits per heavy atom. The molecule has 0 aromatic rings. The van der Waals surface area contributed by atoms with Gasteiger partial charge < -0.3 is 5.11 Å². The summed E-state index contributed by atoms with van der Waals surface area (Å²) in [5, 5.41) is 10.5. The molecule has 0 unspecified atom stereocenters. The number of carboxylic acid groups (broad SMARTS) is 1. The van der Waals surface area contributed by atoms with Crippen molar-refractivity contribution in [3.8, 4) is 0 Å². The Morgan fingerprint density at radius 3 is 2.21 bits per heavy atom. The van der Waals surface area contributed by atoms with Gasteiger partial charge in [-0.1, -0.05) is 46.8 Å². The van der Waals surface area contributed by atoms with E-state index in [0.29, 0.717) is 29.5 Å². The van der Waals surface area contributed by atoms with E-state index in [-0.39, 0.29) is 27.6 Å². The second-order valence-electron chi connectivity index (χ2n) is 14.3. The Labute approximate surface area is 201 Å². The zero-order valence-corrected chi connectivity index (χ0v) is 21.9. The summed E-state index contributed by atoms with van der Waals surface area (Å²) in [5.41, 5.74) is 1.03. The van der Waals surface area contributed by atoms with Gasteiger partial charge in [-0.05, 0) is 111 Å². The van der Waals surface area contributed by atoms with Crippen molar-refractivity contribution < 1.29 is 14.7 Å². The van der Waals surface area contributed by atoms with Crippen molar-refractivity contribution in [1.82, 2.24) is 0 Å². The summed E-state index contributed by atoms with van der Waals surface area (Å²) in [4.78, 5) is 25.7. The number of hydrogen-bond acceptors (Lipinski definition) is 2. The van der Waals surface area contributed by atoms with Crippen LogP contribution in [0, 0.1) is 56.7 Å². The molecule has 9 atom stereocenters. The first-order chi connectivity index (χ1) is 15.3. The Kier molecular flexibility index (Phi) is 4.99. The predicted molar refractivity (Wildman–Crippen MR) is 132 cm³/mol. The highest BCUT2D eigenvalue weighted by Gasteiger charge is 2.72. The molecule has 1 N–H and O–H groups in total. The summed E-state index contributed by atoms with van der Waals surface area (Å²) >= 11 is 0. The monoisotopic (exact) mass is 454 g/mol. The van der Waals surface area contributed by atoms with Crippen LogP contribution in [-0.2, 0) is 9.59 Å². The molecule has 5 saturated carbocycles. The summed E-state index contributed by atoms with van der Waals surface area (Å²) in [6.45, 7) is 18.5. The lowest BCUT2D eigenvalue weighted by atomic mass is 9.32. The lowest BCUT2D eigenvalue weighted by Gasteiger charge is -2.72. The predicted octanol–water partition coefficient (Wildman–Crippen LogP) is 7.30. The molecular weight excluding hydrogens is 408 g/mol. The van der Waals surface area contributed by atoms with Crippen LogP contribution in [0.4, 0.5) is 0 Å². The maximum absolute atomic E-state index is 12.9. The summed E-state index contributed by atoms with van der Waals surface area (Å²) in [6, 6.07) is 0. The number of rotatable bonds is 2. The number of aliphatic carboxylic acids is 1. The molecule has 33 heavy (non-hydrogen) atoms. The average molecular weight is 455 g/mol. The Morgan fingerprint density at radius 1 is 0.879 bits per heavy atom. The first-order valence-electron chi connectivity index (χ1n) is 13.7. The average Bonchev–Trinajstić information content (AvgIpc) is 3.13. The Bertz CT molecular complexity index is 902. The number of carbonyl (C=O) groups is 2. The van der Waals surface area contributed by atoms with E-state index in [0.717, 1.165) is 51.4 Å². The third-order valence-electron chi connectivity index (χ3n) is 13.2. The highest BCUT2D eigenvalue weighted by Crippen LogP contribution is 2.77. The van der Waals surface area contributed by atoms with Crippen LogP contribution in [0.2, 0.25) is 0 Å². The highest BCUT2D eigenvalue weighted by molar-refractivity contribution is 5.85. The number of ketones is 1. The minimum atomic E-state index is -0.547. The van der Waals surface area contributed by atoms with E-state index >= 15 is 0 Å².